The quantitative estimate of drug-likeness (QED) is 0.377. The monoisotopic (exact) mass is 511 g/mol. The molecule has 2 aliphatic rings. The number of hydrogen-bond donors (Lipinski definition) is 2. The summed E-state index contributed by atoms with van der Waals surface area (Å²) in [4.78, 5) is 35.7. The van der Waals surface area contributed by atoms with E-state index in [9.17, 15) is 14.7 Å². The summed E-state index contributed by atoms with van der Waals surface area (Å²) in [5, 5.41) is 10.6. The molecular weight excluding hydrogens is 485 g/mol. The van der Waals surface area contributed by atoms with Gasteiger partial charge in [-0.05, 0) is 72.5 Å². The molecule has 1 aliphatic carbocycles. The van der Waals surface area contributed by atoms with E-state index in [1.165, 1.54) is 11.8 Å². The van der Waals surface area contributed by atoms with Gasteiger partial charge in [0.05, 0.1) is 5.69 Å². The second-order valence-corrected chi connectivity index (χ2v) is 9.21. The molecule has 192 valence electrons. The summed E-state index contributed by atoms with van der Waals surface area (Å²) in [6.07, 6.45) is 6.33. The molecule has 0 saturated carbocycles. The van der Waals surface area contributed by atoms with Gasteiger partial charge in [0.1, 0.15) is 5.75 Å². The Morgan fingerprint density at radius 1 is 1.16 bits per heavy atom. The van der Waals surface area contributed by atoms with E-state index in [0.29, 0.717) is 34.6 Å². The number of aromatic nitrogens is 2. The Kier molecular flexibility index (Phi) is 6.61. The first-order valence-corrected chi connectivity index (χ1v) is 12.1. The Morgan fingerprint density at radius 3 is 2.66 bits per heavy atom. The van der Waals surface area contributed by atoms with Crippen molar-refractivity contribution in [2.24, 2.45) is 0 Å². The second kappa shape index (κ2) is 10.0. The topological polar surface area (TPSA) is 98.7 Å². The van der Waals surface area contributed by atoms with E-state index in [1.54, 1.807) is 54.9 Å². The molecule has 2 amide bonds. The summed E-state index contributed by atoms with van der Waals surface area (Å²) in [5.74, 6) is -0.607. The van der Waals surface area contributed by atoms with E-state index in [2.05, 4.69) is 10.4 Å². The third-order valence-electron chi connectivity index (χ3n) is 6.73. The maximum absolute atomic E-state index is 15.9. The third kappa shape index (κ3) is 4.59. The molecule has 2 heterocycles. The van der Waals surface area contributed by atoms with Gasteiger partial charge in [-0.25, -0.2) is 9.97 Å². The van der Waals surface area contributed by atoms with E-state index in [-0.39, 0.29) is 16.5 Å². The molecule has 1 atom stereocenters. The van der Waals surface area contributed by atoms with Crippen LogP contribution in [0.1, 0.15) is 48.0 Å². The third-order valence-corrected chi connectivity index (χ3v) is 6.73. The minimum absolute atomic E-state index is 0.131. The van der Waals surface area contributed by atoms with Crippen LogP contribution >= 0.6 is 0 Å². The molecule has 1 aliphatic heterocycles. The average molecular weight is 512 g/mol. The Morgan fingerprint density at radius 2 is 1.92 bits per heavy atom. The Hall–Kier alpha value is -4.63. The van der Waals surface area contributed by atoms with Gasteiger partial charge >= 0.3 is 0 Å². The van der Waals surface area contributed by atoms with Crippen LogP contribution in [0.25, 0.3) is 23.0 Å². The van der Waals surface area contributed by atoms with E-state index in [4.69, 9.17) is 4.98 Å². The van der Waals surface area contributed by atoms with Crippen LogP contribution < -0.4 is 5.43 Å². The predicted octanol–water partition coefficient (Wildman–Crippen LogP) is 4.82. The number of fused-ring (bicyclic) bond motifs is 1. The van der Waals surface area contributed by atoms with Crippen LogP contribution in [-0.4, -0.2) is 43.2 Å². The maximum atomic E-state index is 15.9. The van der Waals surface area contributed by atoms with E-state index in [0.717, 1.165) is 16.7 Å². The molecule has 8 nitrogen and oxygen atoms in total. The largest absolute Gasteiger partial charge is 0.507 e. The first kappa shape index (κ1) is 25.0. The molecule has 0 bridgehead atoms. The molecule has 38 heavy (non-hydrogen) atoms. The standard InChI is InChI=1S/C29H26FN5O3/c1-17-16-34(19(3)36)29(35(30)33-28(38)20-8-5-4-6-9-20)26(18(17)2)24-12-13-31-27(32-24)22-14-21-10-7-11-23(21)25(37)15-22/h4-9,11-16,29,37H,10H2,1-3H3,(H,33,38). The molecule has 1 aromatic heterocycles. The second-order valence-electron chi connectivity index (χ2n) is 9.21. The van der Waals surface area contributed by atoms with Crippen LogP contribution in [0.2, 0.25) is 0 Å². The minimum Gasteiger partial charge on any atom is -0.507 e. The highest BCUT2D eigenvalue weighted by Crippen LogP contribution is 2.37. The van der Waals surface area contributed by atoms with Crippen LogP contribution in [0.5, 0.6) is 5.75 Å². The van der Waals surface area contributed by atoms with E-state index >= 15 is 4.48 Å². The summed E-state index contributed by atoms with van der Waals surface area (Å²) in [6.45, 7) is 4.96. The number of benzene rings is 2. The zero-order chi connectivity index (χ0) is 27.0. The lowest BCUT2D eigenvalue weighted by Gasteiger charge is -2.37. The molecule has 2 aromatic carbocycles. The summed E-state index contributed by atoms with van der Waals surface area (Å²) in [6, 6.07) is 13.4. The fourth-order valence-corrected chi connectivity index (χ4v) is 4.68. The molecule has 0 radical (unpaired) electrons. The number of amides is 2. The molecule has 1 unspecified atom stereocenters. The molecule has 0 saturated heterocycles. The molecular formula is C29H26FN5O3. The number of aromatic hydroxyl groups is 1. The van der Waals surface area contributed by atoms with Crippen molar-refractivity contribution in [3.63, 3.8) is 0 Å². The summed E-state index contributed by atoms with van der Waals surface area (Å²) in [7, 11) is 0. The fourth-order valence-electron chi connectivity index (χ4n) is 4.68. The number of hydrogen-bond acceptors (Lipinski definition) is 6. The molecule has 5 rings (SSSR count). The van der Waals surface area contributed by atoms with Gasteiger partial charge in [0.2, 0.25) is 5.91 Å². The van der Waals surface area contributed by atoms with Crippen molar-refractivity contribution in [2.75, 3.05) is 0 Å². The van der Waals surface area contributed by atoms with Crippen molar-refractivity contribution in [2.45, 2.75) is 33.4 Å². The molecule has 0 spiro atoms. The number of halogens is 1. The first-order valence-electron chi connectivity index (χ1n) is 12.1. The Balaban J connectivity index is 1.56. The maximum Gasteiger partial charge on any atom is 0.267 e. The van der Waals surface area contributed by atoms with Crippen molar-refractivity contribution < 1.29 is 19.2 Å². The van der Waals surface area contributed by atoms with Gasteiger partial charge in [-0.1, -0.05) is 30.4 Å². The number of allylic oxidation sites excluding steroid dienone is 3. The lowest BCUT2D eigenvalue weighted by atomic mass is 9.94. The summed E-state index contributed by atoms with van der Waals surface area (Å²) < 4.78 is 15.9. The number of carbonyl (C=O) groups is 2. The number of hydrazine groups is 1. The van der Waals surface area contributed by atoms with E-state index in [1.807, 2.05) is 32.1 Å². The number of rotatable bonds is 5. The predicted molar refractivity (Wildman–Crippen MR) is 141 cm³/mol. The zero-order valence-corrected chi connectivity index (χ0v) is 21.1. The van der Waals surface area contributed by atoms with Gasteiger partial charge in [0, 0.05) is 41.6 Å². The van der Waals surface area contributed by atoms with E-state index < -0.39 is 18.0 Å². The van der Waals surface area contributed by atoms with Gasteiger partial charge in [0.25, 0.3) is 5.91 Å². The molecule has 2 N–H and O–H groups in total. The number of nitrogens with one attached hydrogen (secondary N) is 1. The van der Waals surface area contributed by atoms with Crippen molar-refractivity contribution in [3.05, 3.63) is 101 Å². The molecule has 9 heteroatoms. The van der Waals surface area contributed by atoms with Gasteiger partial charge < -0.3 is 5.11 Å². The summed E-state index contributed by atoms with van der Waals surface area (Å²) in [5.41, 5.74) is 7.09. The van der Waals surface area contributed by atoms with Gasteiger partial charge in [-0.2, -0.15) is 0 Å². The number of phenols is 1. The normalized spacial score (nSPS) is 16.5. The van der Waals surface area contributed by atoms with Crippen LogP contribution in [-0.2, 0) is 11.2 Å². The highest BCUT2D eigenvalue weighted by molar-refractivity contribution is 5.94. The molecule has 0 fully saturated rings. The first-order chi connectivity index (χ1) is 18.2. The summed E-state index contributed by atoms with van der Waals surface area (Å²) >= 11 is 0. The van der Waals surface area contributed by atoms with Crippen molar-refractivity contribution in [3.8, 4) is 17.1 Å². The Labute approximate surface area is 219 Å². The van der Waals surface area contributed by atoms with Gasteiger partial charge in [0.15, 0.2) is 12.0 Å². The highest BCUT2D eigenvalue weighted by Gasteiger charge is 2.37. The lowest BCUT2D eigenvalue weighted by Crippen LogP contribution is -2.53. The van der Waals surface area contributed by atoms with Crippen LogP contribution in [0.3, 0.4) is 0 Å². The van der Waals surface area contributed by atoms with Gasteiger partial charge in [-0.15, -0.1) is 4.48 Å². The van der Waals surface area contributed by atoms with Crippen LogP contribution in [0, 0.1) is 0 Å². The van der Waals surface area contributed by atoms with Crippen molar-refractivity contribution >= 4 is 23.5 Å². The zero-order valence-electron chi connectivity index (χ0n) is 21.1. The van der Waals surface area contributed by atoms with Crippen molar-refractivity contribution in [1.82, 2.24) is 25.5 Å². The van der Waals surface area contributed by atoms with Crippen LogP contribution in [0.4, 0.5) is 4.48 Å². The minimum atomic E-state index is -1.32. The van der Waals surface area contributed by atoms with Crippen molar-refractivity contribution in [1.29, 1.82) is 0 Å². The molecule has 3 aromatic rings. The Bertz CT molecular complexity index is 1530. The van der Waals surface area contributed by atoms with Crippen LogP contribution in [0.15, 0.2) is 78.1 Å². The lowest BCUT2D eigenvalue weighted by molar-refractivity contribution is -0.140. The number of nitrogens with zero attached hydrogens (tertiary/aromatic N) is 4. The number of carbonyl (C=O) groups excluding carboxylic acids is 2. The van der Waals surface area contributed by atoms with Gasteiger partial charge in [-0.3, -0.25) is 19.9 Å². The average Bonchev–Trinajstić information content (AvgIpc) is 3.40. The number of phenolic OH excluding ortho intramolecular Hbond substituents is 1. The highest BCUT2D eigenvalue weighted by atomic mass is 19.2. The SMILES string of the molecule is CC(=O)N1C=C(C)C(C)=C(c2ccnc(-c3cc(O)c4c(c3)CC=C4)n2)C1N(F)NC(=O)c1ccccc1. The fraction of sp³-hybridized carbons (Fsp3) is 0.172. The smallest absolute Gasteiger partial charge is 0.267 e.